The first kappa shape index (κ1) is 15.2. The van der Waals surface area contributed by atoms with Crippen LogP contribution in [0, 0.1) is 0 Å². The minimum absolute atomic E-state index is 0.0109. The van der Waals surface area contributed by atoms with Gasteiger partial charge in [0.05, 0.1) is 33.0 Å². The summed E-state index contributed by atoms with van der Waals surface area (Å²) in [7, 11) is -3.54. The Morgan fingerprint density at radius 3 is 2.10 bits per heavy atom. The summed E-state index contributed by atoms with van der Waals surface area (Å²) in [6.45, 7) is 2.01. The van der Waals surface area contributed by atoms with Gasteiger partial charge in [0.1, 0.15) is 12.2 Å². The Bertz CT molecular complexity index is 465. The van der Waals surface area contributed by atoms with Crippen molar-refractivity contribution in [2.45, 2.75) is 18.6 Å². The zero-order valence-electron chi connectivity index (χ0n) is 11.7. The van der Waals surface area contributed by atoms with E-state index in [4.69, 9.17) is 23.0 Å². The van der Waals surface area contributed by atoms with Gasteiger partial charge < -0.3 is 9.47 Å². The summed E-state index contributed by atoms with van der Waals surface area (Å²) >= 11 is 0. The SMILES string of the molecule is O=P(OCCc1ccccc1)(OCC1CO1)OCC1CO1. The first-order chi connectivity index (χ1) is 10.2. The van der Waals surface area contributed by atoms with Crippen LogP contribution in [0.4, 0.5) is 0 Å². The fraction of sp³-hybridized carbons (Fsp3) is 0.571. The van der Waals surface area contributed by atoms with Crippen molar-refractivity contribution in [2.75, 3.05) is 33.0 Å². The van der Waals surface area contributed by atoms with E-state index in [1.54, 1.807) is 0 Å². The van der Waals surface area contributed by atoms with Gasteiger partial charge in [-0.2, -0.15) is 0 Å². The fourth-order valence-corrected chi connectivity index (χ4v) is 2.95. The smallest absolute Gasteiger partial charge is 0.371 e. The first-order valence-corrected chi connectivity index (χ1v) is 8.50. The molecule has 2 saturated heterocycles. The molecule has 1 aromatic carbocycles. The van der Waals surface area contributed by atoms with Crippen LogP contribution in [0.1, 0.15) is 5.56 Å². The van der Waals surface area contributed by atoms with Gasteiger partial charge in [-0.15, -0.1) is 0 Å². The Kier molecular flexibility index (Phi) is 5.06. The van der Waals surface area contributed by atoms with Gasteiger partial charge in [0, 0.05) is 0 Å². The van der Waals surface area contributed by atoms with E-state index in [9.17, 15) is 4.57 Å². The monoisotopic (exact) mass is 314 g/mol. The molecule has 7 heteroatoms. The molecular weight excluding hydrogens is 295 g/mol. The van der Waals surface area contributed by atoms with E-state index >= 15 is 0 Å². The van der Waals surface area contributed by atoms with Crippen LogP contribution < -0.4 is 0 Å². The van der Waals surface area contributed by atoms with Gasteiger partial charge in [0.2, 0.25) is 0 Å². The summed E-state index contributed by atoms with van der Waals surface area (Å²) in [5.41, 5.74) is 1.11. The maximum Gasteiger partial charge on any atom is 0.474 e. The Labute approximate surface area is 123 Å². The summed E-state index contributed by atoms with van der Waals surface area (Å²) in [5, 5.41) is 0. The summed E-state index contributed by atoms with van der Waals surface area (Å²) in [6, 6.07) is 9.85. The topological polar surface area (TPSA) is 69.8 Å². The number of ether oxygens (including phenoxy) is 2. The first-order valence-electron chi connectivity index (χ1n) is 7.04. The summed E-state index contributed by atoms with van der Waals surface area (Å²) in [6.07, 6.45) is 0.672. The van der Waals surface area contributed by atoms with Crippen molar-refractivity contribution in [2.24, 2.45) is 0 Å². The summed E-state index contributed by atoms with van der Waals surface area (Å²) in [5.74, 6) is 0. The van der Waals surface area contributed by atoms with Gasteiger partial charge in [0.25, 0.3) is 0 Å². The number of hydrogen-bond donors (Lipinski definition) is 0. The van der Waals surface area contributed by atoms with Crippen molar-refractivity contribution in [3.8, 4) is 0 Å². The van der Waals surface area contributed by atoms with Crippen molar-refractivity contribution < 1.29 is 27.6 Å². The lowest BCUT2D eigenvalue weighted by atomic mass is 10.2. The minimum Gasteiger partial charge on any atom is -0.371 e. The molecule has 116 valence electrons. The van der Waals surface area contributed by atoms with E-state index in [-0.39, 0.29) is 32.0 Å². The molecule has 0 aromatic heterocycles. The Balaban J connectivity index is 1.46. The average Bonchev–Trinajstić information content (AvgIpc) is 3.39. The second-order valence-electron chi connectivity index (χ2n) is 5.02. The highest BCUT2D eigenvalue weighted by atomic mass is 31.2. The van der Waals surface area contributed by atoms with Crippen LogP contribution in [-0.4, -0.2) is 45.2 Å². The van der Waals surface area contributed by atoms with Gasteiger partial charge in [-0.05, 0) is 12.0 Å². The van der Waals surface area contributed by atoms with Crippen LogP contribution >= 0.6 is 7.82 Å². The molecule has 0 aliphatic carbocycles. The molecule has 2 aliphatic rings. The Morgan fingerprint density at radius 1 is 1.00 bits per heavy atom. The Morgan fingerprint density at radius 2 is 1.57 bits per heavy atom. The predicted molar refractivity (Wildman–Crippen MR) is 75.1 cm³/mol. The molecule has 0 bridgehead atoms. The third kappa shape index (κ3) is 5.51. The van der Waals surface area contributed by atoms with Crippen LogP contribution in [-0.2, 0) is 34.0 Å². The van der Waals surface area contributed by atoms with E-state index < -0.39 is 7.82 Å². The van der Waals surface area contributed by atoms with Crippen molar-refractivity contribution in [3.63, 3.8) is 0 Å². The average molecular weight is 314 g/mol. The zero-order chi connectivity index (χ0) is 14.5. The van der Waals surface area contributed by atoms with E-state index in [0.717, 1.165) is 5.56 Å². The molecule has 2 fully saturated rings. The maximum absolute atomic E-state index is 12.5. The largest absolute Gasteiger partial charge is 0.474 e. The summed E-state index contributed by atoms with van der Waals surface area (Å²) < 4.78 is 38.5. The van der Waals surface area contributed by atoms with Crippen LogP contribution in [0.3, 0.4) is 0 Å². The molecule has 0 amide bonds. The molecule has 2 unspecified atom stereocenters. The fourth-order valence-electron chi connectivity index (χ4n) is 1.71. The number of rotatable bonds is 10. The number of phosphoric acid groups is 1. The van der Waals surface area contributed by atoms with E-state index in [2.05, 4.69) is 0 Å². The highest BCUT2D eigenvalue weighted by molar-refractivity contribution is 7.48. The third-order valence-electron chi connectivity index (χ3n) is 3.12. The van der Waals surface area contributed by atoms with Crippen molar-refractivity contribution in [1.29, 1.82) is 0 Å². The van der Waals surface area contributed by atoms with E-state index in [0.29, 0.717) is 19.6 Å². The summed E-state index contributed by atoms with van der Waals surface area (Å²) in [4.78, 5) is 0. The zero-order valence-corrected chi connectivity index (χ0v) is 12.6. The highest BCUT2D eigenvalue weighted by Crippen LogP contribution is 2.50. The lowest BCUT2D eigenvalue weighted by Crippen LogP contribution is -2.09. The van der Waals surface area contributed by atoms with Gasteiger partial charge in [0.15, 0.2) is 0 Å². The molecule has 21 heavy (non-hydrogen) atoms. The highest BCUT2D eigenvalue weighted by Gasteiger charge is 2.35. The lowest BCUT2D eigenvalue weighted by molar-refractivity contribution is 0.101. The van der Waals surface area contributed by atoms with Gasteiger partial charge in [-0.25, -0.2) is 4.57 Å². The molecule has 1 aromatic rings. The van der Waals surface area contributed by atoms with Crippen molar-refractivity contribution in [1.82, 2.24) is 0 Å². The molecular formula is C14H19O6P. The third-order valence-corrected chi connectivity index (χ3v) is 4.55. The second-order valence-corrected chi connectivity index (χ2v) is 6.69. The van der Waals surface area contributed by atoms with Gasteiger partial charge >= 0.3 is 7.82 Å². The molecule has 0 N–H and O–H groups in total. The lowest BCUT2D eigenvalue weighted by Gasteiger charge is -2.17. The second kappa shape index (κ2) is 7.01. The molecule has 2 aliphatic heterocycles. The molecule has 3 rings (SSSR count). The maximum atomic E-state index is 12.5. The predicted octanol–water partition coefficient (Wildman–Crippen LogP) is 2.18. The normalized spacial score (nSPS) is 26.3. The standard InChI is InChI=1S/C14H19O6P/c15-21(19-10-13-8-16-13,20-11-14-9-17-14)18-7-6-12-4-2-1-3-5-12/h1-5,13-14H,6-11H2. The molecule has 0 spiro atoms. The molecule has 0 radical (unpaired) electrons. The van der Waals surface area contributed by atoms with Crippen LogP contribution in [0.2, 0.25) is 0 Å². The van der Waals surface area contributed by atoms with Crippen LogP contribution in [0.5, 0.6) is 0 Å². The quantitative estimate of drug-likeness (QED) is 0.487. The van der Waals surface area contributed by atoms with E-state index in [1.807, 2.05) is 30.3 Å². The van der Waals surface area contributed by atoms with Crippen molar-refractivity contribution in [3.05, 3.63) is 35.9 Å². The molecule has 2 heterocycles. The van der Waals surface area contributed by atoms with Crippen LogP contribution in [0.25, 0.3) is 0 Å². The number of hydrogen-bond acceptors (Lipinski definition) is 6. The molecule has 0 saturated carbocycles. The minimum atomic E-state index is -3.54. The number of benzene rings is 1. The number of epoxide rings is 2. The number of phosphoric ester groups is 1. The van der Waals surface area contributed by atoms with Gasteiger partial charge in [-0.3, -0.25) is 13.6 Å². The molecule has 6 nitrogen and oxygen atoms in total. The van der Waals surface area contributed by atoms with Crippen molar-refractivity contribution >= 4 is 7.82 Å². The Hall–Kier alpha value is -0.750. The van der Waals surface area contributed by atoms with E-state index in [1.165, 1.54) is 0 Å². The molecule has 2 atom stereocenters. The van der Waals surface area contributed by atoms with Crippen LogP contribution in [0.15, 0.2) is 30.3 Å². The van der Waals surface area contributed by atoms with Gasteiger partial charge in [-0.1, -0.05) is 30.3 Å².